The number of nitrogens with zero attached hydrogens (tertiary/aromatic N) is 4. The molecule has 1 aromatic heterocycles. The molecule has 0 bridgehead atoms. The quantitative estimate of drug-likeness (QED) is 0.130. The van der Waals surface area contributed by atoms with Gasteiger partial charge in [0, 0.05) is 32.3 Å². The molecule has 12 heteroatoms. The van der Waals surface area contributed by atoms with Gasteiger partial charge in [-0.25, -0.2) is 0 Å². The van der Waals surface area contributed by atoms with Crippen molar-refractivity contribution in [2.45, 2.75) is 13.3 Å². The molecule has 0 unspecified atom stereocenters. The lowest BCUT2D eigenvalue weighted by Crippen LogP contribution is -2.47. The highest BCUT2D eigenvalue weighted by Crippen LogP contribution is 2.32. The molecule has 228 valence electrons. The molecule has 0 radical (unpaired) electrons. The average Bonchev–Trinajstić information content (AvgIpc) is 3.33. The summed E-state index contributed by atoms with van der Waals surface area (Å²) in [7, 11) is 2.99. The maximum Gasteiger partial charge on any atom is 0.278 e. The van der Waals surface area contributed by atoms with E-state index in [1.807, 2.05) is 0 Å². The van der Waals surface area contributed by atoms with E-state index < -0.39 is 11.8 Å². The molecule has 1 heterocycles. The van der Waals surface area contributed by atoms with E-state index >= 15 is 0 Å². The lowest BCUT2D eigenvalue weighted by molar-refractivity contribution is -0.130. The highest BCUT2D eigenvalue weighted by molar-refractivity contribution is 6.31. The van der Waals surface area contributed by atoms with Gasteiger partial charge >= 0.3 is 0 Å². The number of hydrazine groups is 1. The van der Waals surface area contributed by atoms with Crippen LogP contribution in [0.25, 0.3) is 10.9 Å². The number of ether oxygens (including phenoxy) is 2. The molecule has 0 saturated heterocycles. The normalized spacial score (nSPS) is 10.8. The Labute approximate surface area is 268 Å². The van der Waals surface area contributed by atoms with Gasteiger partial charge in [0.1, 0.15) is 11.5 Å². The summed E-state index contributed by atoms with van der Waals surface area (Å²) in [6.07, 6.45) is -0.386. The van der Waals surface area contributed by atoms with Crippen LogP contribution in [0.1, 0.15) is 32.0 Å². The predicted molar refractivity (Wildman–Crippen MR) is 172 cm³/mol. The Hall–Kier alpha value is -5.19. The van der Waals surface area contributed by atoms with Gasteiger partial charge in [0.2, 0.25) is 0 Å². The first kappa shape index (κ1) is 31.2. The summed E-state index contributed by atoms with van der Waals surface area (Å²) >= 11 is 12.0. The van der Waals surface area contributed by atoms with Crippen molar-refractivity contribution in [3.8, 4) is 11.5 Å². The third-order valence-corrected chi connectivity index (χ3v) is 7.76. The van der Waals surface area contributed by atoms with Gasteiger partial charge in [-0.3, -0.25) is 19.0 Å². The molecule has 0 saturated carbocycles. The van der Waals surface area contributed by atoms with Crippen molar-refractivity contribution < 1.29 is 23.9 Å². The van der Waals surface area contributed by atoms with Gasteiger partial charge in [0.05, 0.1) is 37.1 Å². The standard InChI is InChI=1S/C33H26Cl2N4O6/c1-20-28(29-18-27(45-3)16-17-30(29)37(20)32(41)21-4-8-23(34)9-5-21)19-31(40)39(36-43)38(25-12-14-26(44-2)15-13-25)33(42)22-6-10-24(35)11-7-22/h4-18H,19H2,1-3H3. The van der Waals surface area contributed by atoms with E-state index in [2.05, 4.69) is 5.29 Å². The molecule has 0 aliphatic carbocycles. The molecule has 0 N–H and O–H groups in total. The predicted octanol–water partition coefficient (Wildman–Crippen LogP) is 7.28. The number of aromatic nitrogens is 1. The fourth-order valence-corrected chi connectivity index (χ4v) is 5.21. The van der Waals surface area contributed by atoms with Crippen molar-refractivity contribution in [2.75, 3.05) is 19.2 Å². The summed E-state index contributed by atoms with van der Waals surface area (Å²) in [5.74, 6) is -0.885. The van der Waals surface area contributed by atoms with Crippen molar-refractivity contribution in [1.29, 1.82) is 0 Å². The number of halogens is 2. The van der Waals surface area contributed by atoms with Crippen molar-refractivity contribution in [3.05, 3.63) is 128 Å². The molecule has 0 fully saturated rings. The van der Waals surface area contributed by atoms with E-state index in [0.717, 1.165) is 5.01 Å². The number of rotatable bonds is 8. The molecule has 0 aliphatic heterocycles. The van der Waals surface area contributed by atoms with E-state index in [1.54, 1.807) is 61.5 Å². The maximum atomic E-state index is 14.0. The minimum Gasteiger partial charge on any atom is -0.497 e. The maximum absolute atomic E-state index is 14.0. The molecule has 10 nitrogen and oxygen atoms in total. The summed E-state index contributed by atoms with van der Waals surface area (Å²) in [4.78, 5) is 53.8. The van der Waals surface area contributed by atoms with Crippen LogP contribution in [-0.4, -0.2) is 41.6 Å². The number of hydrogen-bond acceptors (Lipinski definition) is 7. The fourth-order valence-electron chi connectivity index (χ4n) is 4.96. The Morgan fingerprint density at radius 2 is 1.33 bits per heavy atom. The molecule has 0 spiro atoms. The number of amides is 2. The number of methoxy groups -OCH3 is 2. The van der Waals surface area contributed by atoms with E-state index in [9.17, 15) is 19.3 Å². The second-order valence-electron chi connectivity index (χ2n) is 9.86. The summed E-state index contributed by atoms with van der Waals surface area (Å²) in [6, 6.07) is 23.7. The number of anilines is 1. The van der Waals surface area contributed by atoms with E-state index in [4.69, 9.17) is 32.7 Å². The molecular weight excluding hydrogens is 619 g/mol. The number of hydrogen-bond donors (Lipinski definition) is 0. The molecule has 0 aliphatic rings. The topological polar surface area (TPSA) is 111 Å². The molecule has 4 aromatic carbocycles. The Balaban J connectivity index is 1.59. The summed E-state index contributed by atoms with van der Waals surface area (Å²) in [5.41, 5.74) is 2.13. The van der Waals surface area contributed by atoms with Crippen LogP contribution in [-0.2, 0) is 11.2 Å². The number of benzene rings is 4. The van der Waals surface area contributed by atoms with Gasteiger partial charge in [-0.05, 0) is 103 Å². The van der Waals surface area contributed by atoms with E-state index in [0.29, 0.717) is 54.4 Å². The summed E-state index contributed by atoms with van der Waals surface area (Å²) in [6.45, 7) is 1.70. The number of nitroso groups, excluding NO2 is 1. The largest absolute Gasteiger partial charge is 0.497 e. The third-order valence-electron chi connectivity index (χ3n) is 7.25. The van der Waals surface area contributed by atoms with Crippen LogP contribution in [0.3, 0.4) is 0 Å². The lowest BCUT2D eigenvalue weighted by Gasteiger charge is -2.28. The van der Waals surface area contributed by atoms with Crippen LogP contribution >= 0.6 is 23.2 Å². The fraction of sp³-hybridized carbons (Fsp3) is 0.121. The van der Waals surface area contributed by atoms with Crippen LogP contribution in [0, 0.1) is 11.8 Å². The van der Waals surface area contributed by atoms with Gasteiger partial charge in [-0.15, -0.1) is 4.91 Å². The second-order valence-corrected chi connectivity index (χ2v) is 10.7. The Bertz CT molecular complexity index is 1910. The van der Waals surface area contributed by atoms with Gasteiger partial charge in [-0.2, -0.15) is 5.01 Å². The Kier molecular flexibility index (Phi) is 9.17. The lowest BCUT2D eigenvalue weighted by atomic mass is 10.1. The van der Waals surface area contributed by atoms with Gasteiger partial charge in [0.25, 0.3) is 17.7 Å². The van der Waals surface area contributed by atoms with E-state index in [1.165, 1.54) is 55.2 Å². The molecular formula is C33H26Cl2N4O6. The molecule has 45 heavy (non-hydrogen) atoms. The molecule has 5 rings (SSSR count). The van der Waals surface area contributed by atoms with Crippen molar-refractivity contribution in [2.24, 2.45) is 5.29 Å². The summed E-state index contributed by atoms with van der Waals surface area (Å²) < 4.78 is 12.1. The van der Waals surface area contributed by atoms with Crippen molar-refractivity contribution >= 4 is 57.5 Å². The van der Waals surface area contributed by atoms with Crippen LogP contribution in [0.2, 0.25) is 10.0 Å². The highest BCUT2D eigenvalue weighted by Gasteiger charge is 2.32. The smallest absolute Gasteiger partial charge is 0.278 e. The van der Waals surface area contributed by atoms with Gasteiger partial charge < -0.3 is 9.47 Å². The molecule has 0 atom stereocenters. The first-order valence-corrected chi connectivity index (χ1v) is 14.3. The molecule has 2 amide bonds. The van der Waals surface area contributed by atoms with Crippen LogP contribution < -0.4 is 14.5 Å². The van der Waals surface area contributed by atoms with E-state index in [-0.39, 0.29) is 23.6 Å². The zero-order valence-corrected chi connectivity index (χ0v) is 25.9. The first-order chi connectivity index (χ1) is 21.7. The monoisotopic (exact) mass is 644 g/mol. The second kappa shape index (κ2) is 13.2. The van der Waals surface area contributed by atoms with Crippen LogP contribution in [0.4, 0.5) is 5.69 Å². The van der Waals surface area contributed by atoms with Crippen molar-refractivity contribution in [3.63, 3.8) is 0 Å². The van der Waals surface area contributed by atoms with Gasteiger partial charge in [-0.1, -0.05) is 28.3 Å². The van der Waals surface area contributed by atoms with Crippen LogP contribution in [0.5, 0.6) is 11.5 Å². The third kappa shape index (κ3) is 6.24. The number of carbonyl (C=O) groups is 3. The molecule has 5 aromatic rings. The first-order valence-electron chi connectivity index (χ1n) is 13.5. The Morgan fingerprint density at radius 3 is 1.89 bits per heavy atom. The van der Waals surface area contributed by atoms with Gasteiger partial charge in [0.15, 0.2) is 0 Å². The SMILES string of the molecule is COc1ccc(N(C(=O)c2ccc(Cl)cc2)N(N=O)C(=O)Cc2c(C)n(C(=O)c3ccc(Cl)cc3)c3ccc(OC)cc23)cc1. The average molecular weight is 645 g/mol. The van der Waals surface area contributed by atoms with Crippen molar-refractivity contribution in [1.82, 2.24) is 9.69 Å². The summed E-state index contributed by atoms with van der Waals surface area (Å²) in [5, 5.41) is 5.77. The minimum absolute atomic E-state index is 0.155. The highest BCUT2D eigenvalue weighted by atomic mass is 35.5. The Morgan fingerprint density at radius 1 is 0.778 bits per heavy atom. The zero-order valence-electron chi connectivity index (χ0n) is 24.4. The number of carbonyl (C=O) groups excluding carboxylic acids is 3. The number of fused-ring (bicyclic) bond motifs is 1. The minimum atomic E-state index is -0.827. The zero-order chi connectivity index (χ0) is 32.2. The van der Waals surface area contributed by atoms with Crippen LogP contribution in [0.15, 0.2) is 96.3 Å².